The van der Waals surface area contributed by atoms with Crippen molar-refractivity contribution in [1.29, 1.82) is 0 Å². The fraction of sp³-hybridized carbons (Fsp3) is 0.0714. The lowest BCUT2D eigenvalue weighted by Crippen LogP contribution is -2.23. The molecule has 1 aromatic carbocycles. The summed E-state index contributed by atoms with van der Waals surface area (Å²) < 4.78 is 37.9. The molecule has 6 nitrogen and oxygen atoms in total. The van der Waals surface area contributed by atoms with Gasteiger partial charge in [0.2, 0.25) is 0 Å². The monoisotopic (exact) mass is 322 g/mol. The first-order valence-corrected chi connectivity index (χ1v) is 6.37. The molecule has 0 spiro atoms. The number of halogens is 3. The van der Waals surface area contributed by atoms with E-state index in [9.17, 15) is 23.2 Å². The molecule has 0 atom stereocenters. The van der Waals surface area contributed by atoms with Crippen LogP contribution in [0, 0.1) is 0 Å². The molecule has 0 unspecified atom stereocenters. The number of hydrogen-bond donors (Lipinski definition) is 2. The molecule has 3 aromatic rings. The number of pyridine rings is 1. The van der Waals surface area contributed by atoms with Gasteiger partial charge in [-0.25, -0.2) is 9.78 Å². The van der Waals surface area contributed by atoms with Gasteiger partial charge in [-0.15, -0.1) is 4.73 Å². The lowest BCUT2D eigenvalue weighted by Gasteiger charge is -2.11. The van der Waals surface area contributed by atoms with E-state index < -0.39 is 17.4 Å². The highest BCUT2D eigenvalue weighted by atomic mass is 19.4. The summed E-state index contributed by atoms with van der Waals surface area (Å²) in [6.45, 7) is 0. The first-order chi connectivity index (χ1) is 10.9. The van der Waals surface area contributed by atoms with Gasteiger partial charge in [0, 0.05) is 11.9 Å². The third kappa shape index (κ3) is 2.80. The molecule has 2 aromatic heterocycles. The highest BCUT2D eigenvalue weighted by molar-refractivity contribution is 5.88. The average Bonchev–Trinajstić information content (AvgIpc) is 2.52. The molecule has 118 valence electrons. The van der Waals surface area contributed by atoms with Crippen molar-refractivity contribution in [1.82, 2.24) is 14.7 Å². The first kappa shape index (κ1) is 14.8. The number of nitrogens with zero attached hydrogens (tertiary/aromatic N) is 3. The smallest absolute Gasteiger partial charge is 0.416 e. The lowest BCUT2D eigenvalue weighted by molar-refractivity contribution is -0.137. The first-order valence-electron chi connectivity index (χ1n) is 6.37. The van der Waals surface area contributed by atoms with Crippen LogP contribution in [0.15, 0.2) is 47.4 Å². The van der Waals surface area contributed by atoms with E-state index in [4.69, 9.17) is 0 Å². The van der Waals surface area contributed by atoms with E-state index in [2.05, 4.69) is 15.3 Å². The number of rotatable bonds is 2. The molecule has 0 radical (unpaired) electrons. The molecule has 2 heterocycles. The zero-order chi connectivity index (χ0) is 16.6. The second kappa shape index (κ2) is 5.27. The highest BCUT2D eigenvalue weighted by Gasteiger charge is 2.29. The molecule has 0 aliphatic carbocycles. The fourth-order valence-electron chi connectivity index (χ4n) is 2.02. The second-order valence-electron chi connectivity index (χ2n) is 4.63. The summed E-state index contributed by atoms with van der Waals surface area (Å²) in [4.78, 5) is 19.1. The predicted molar refractivity (Wildman–Crippen MR) is 75.7 cm³/mol. The van der Waals surface area contributed by atoms with Crippen molar-refractivity contribution in [3.63, 3.8) is 0 Å². The summed E-state index contributed by atoms with van der Waals surface area (Å²) in [5, 5.41) is 12.7. The van der Waals surface area contributed by atoms with Crippen molar-refractivity contribution in [2.75, 3.05) is 5.32 Å². The zero-order valence-electron chi connectivity index (χ0n) is 11.4. The second-order valence-corrected chi connectivity index (χ2v) is 4.63. The van der Waals surface area contributed by atoms with Crippen LogP contribution >= 0.6 is 0 Å². The fourth-order valence-corrected chi connectivity index (χ4v) is 2.02. The number of alkyl halides is 3. The van der Waals surface area contributed by atoms with Crippen LogP contribution in [0.4, 0.5) is 24.7 Å². The third-order valence-electron chi connectivity index (χ3n) is 3.11. The Balaban J connectivity index is 2.02. The molecule has 0 bridgehead atoms. The number of fused-ring (bicyclic) bond motifs is 1. The van der Waals surface area contributed by atoms with Gasteiger partial charge in [-0.3, -0.25) is 0 Å². The van der Waals surface area contributed by atoms with Gasteiger partial charge in [0.05, 0.1) is 10.9 Å². The third-order valence-corrected chi connectivity index (χ3v) is 3.11. The van der Waals surface area contributed by atoms with Gasteiger partial charge >= 0.3 is 11.9 Å². The number of anilines is 2. The molecule has 23 heavy (non-hydrogen) atoms. The summed E-state index contributed by atoms with van der Waals surface area (Å²) in [5.74, 6) is 0.0863. The van der Waals surface area contributed by atoms with Crippen LogP contribution in [0.1, 0.15) is 5.56 Å². The van der Waals surface area contributed by atoms with E-state index in [1.54, 1.807) is 12.1 Å². The molecule has 0 aliphatic heterocycles. The topological polar surface area (TPSA) is 80.0 Å². The maximum atomic E-state index is 12.5. The molecule has 2 N–H and O–H groups in total. The summed E-state index contributed by atoms with van der Waals surface area (Å²) >= 11 is 0. The molecular weight excluding hydrogens is 313 g/mol. The van der Waals surface area contributed by atoms with Gasteiger partial charge in [0.1, 0.15) is 5.82 Å². The van der Waals surface area contributed by atoms with E-state index in [1.165, 1.54) is 18.3 Å². The van der Waals surface area contributed by atoms with Crippen LogP contribution in [0.2, 0.25) is 0 Å². The molecule has 0 saturated heterocycles. The molecule has 3 rings (SSSR count). The van der Waals surface area contributed by atoms with Gasteiger partial charge in [0.25, 0.3) is 0 Å². The van der Waals surface area contributed by atoms with E-state index in [-0.39, 0.29) is 11.5 Å². The molecular formula is C14H9F3N4O2. The van der Waals surface area contributed by atoms with E-state index in [0.717, 1.165) is 12.1 Å². The quantitative estimate of drug-likeness (QED) is 0.709. The van der Waals surface area contributed by atoms with Crippen molar-refractivity contribution in [2.24, 2.45) is 0 Å². The van der Waals surface area contributed by atoms with Crippen LogP contribution < -0.4 is 11.0 Å². The maximum absolute atomic E-state index is 12.5. The minimum absolute atomic E-state index is 0.0121. The predicted octanol–water partition coefficient (Wildman–Crippen LogP) is 2.79. The lowest BCUT2D eigenvalue weighted by atomic mass is 10.2. The Bertz CT molecular complexity index is 920. The Morgan fingerprint density at radius 3 is 2.48 bits per heavy atom. The van der Waals surface area contributed by atoms with E-state index in [1.807, 2.05) is 0 Å². The van der Waals surface area contributed by atoms with Crippen LogP contribution in [-0.2, 0) is 6.18 Å². The van der Waals surface area contributed by atoms with Crippen LogP contribution in [0.25, 0.3) is 11.0 Å². The Morgan fingerprint density at radius 1 is 1.13 bits per heavy atom. The van der Waals surface area contributed by atoms with Crippen molar-refractivity contribution >= 4 is 22.5 Å². The Hall–Kier alpha value is -3.10. The summed E-state index contributed by atoms with van der Waals surface area (Å²) in [5.41, 5.74) is -1.44. The van der Waals surface area contributed by atoms with Crippen molar-refractivity contribution in [3.8, 4) is 0 Å². The van der Waals surface area contributed by atoms with E-state index >= 15 is 0 Å². The summed E-state index contributed by atoms with van der Waals surface area (Å²) in [6, 6.07) is 7.40. The van der Waals surface area contributed by atoms with Crippen LogP contribution in [-0.4, -0.2) is 19.9 Å². The number of aromatic nitrogens is 3. The summed E-state index contributed by atoms with van der Waals surface area (Å²) in [6.07, 6.45) is -3.04. The number of benzene rings is 1. The van der Waals surface area contributed by atoms with Crippen LogP contribution in [0.5, 0.6) is 0 Å². The van der Waals surface area contributed by atoms with Crippen molar-refractivity contribution in [3.05, 3.63) is 58.6 Å². The van der Waals surface area contributed by atoms with Gasteiger partial charge in [-0.2, -0.15) is 18.2 Å². The molecule has 9 heteroatoms. The normalized spacial score (nSPS) is 11.6. The minimum Gasteiger partial charge on any atom is -0.422 e. The number of hydrogen-bond acceptors (Lipinski definition) is 5. The number of nitrogens with one attached hydrogen (secondary N) is 1. The van der Waals surface area contributed by atoms with Gasteiger partial charge in [-0.1, -0.05) is 0 Å². The maximum Gasteiger partial charge on any atom is 0.416 e. The Morgan fingerprint density at radius 2 is 1.83 bits per heavy atom. The molecule has 0 aliphatic rings. The molecule has 0 saturated carbocycles. The Labute approximate surface area is 126 Å². The minimum atomic E-state index is -4.43. The van der Waals surface area contributed by atoms with Gasteiger partial charge in [-0.05, 0) is 36.4 Å². The standard InChI is InChI=1S/C14H9F3N4O2/c15-14(16,17)8-3-5-9(6-4-8)19-11-10-2-1-7-18-12(10)21(23)13(22)20-11/h1-7,23H,(H,19,20,22). The highest BCUT2D eigenvalue weighted by Crippen LogP contribution is 2.30. The molecule has 0 fully saturated rings. The zero-order valence-corrected chi connectivity index (χ0v) is 11.4. The Kier molecular flexibility index (Phi) is 3.40. The molecule has 0 amide bonds. The van der Waals surface area contributed by atoms with E-state index in [0.29, 0.717) is 15.8 Å². The van der Waals surface area contributed by atoms with Crippen molar-refractivity contribution < 1.29 is 18.4 Å². The largest absolute Gasteiger partial charge is 0.422 e. The average molecular weight is 322 g/mol. The SMILES string of the molecule is O=c1nc(Nc2ccc(C(F)(F)F)cc2)c2cccnc2n1O. The van der Waals surface area contributed by atoms with Crippen molar-refractivity contribution in [2.45, 2.75) is 6.18 Å². The van der Waals surface area contributed by atoms with Gasteiger partial charge in [0.15, 0.2) is 5.65 Å². The van der Waals surface area contributed by atoms with Gasteiger partial charge < -0.3 is 10.5 Å². The summed E-state index contributed by atoms with van der Waals surface area (Å²) in [7, 11) is 0. The van der Waals surface area contributed by atoms with Crippen LogP contribution in [0.3, 0.4) is 0 Å².